The number of sulfonamides is 1. The van der Waals surface area contributed by atoms with Gasteiger partial charge in [0.05, 0.1) is 11.4 Å². The molecular formula is C19H25N3O3S. The van der Waals surface area contributed by atoms with E-state index >= 15 is 0 Å². The van der Waals surface area contributed by atoms with E-state index in [1.807, 2.05) is 32.9 Å². The lowest BCUT2D eigenvalue weighted by molar-refractivity contribution is 0.119. The first kappa shape index (κ1) is 18.8. The Kier molecular flexibility index (Phi) is 5.58. The molecule has 0 radical (unpaired) electrons. The number of hydrogen-bond donors (Lipinski definition) is 0. The monoisotopic (exact) mass is 375 g/mol. The summed E-state index contributed by atoms with van der Waals surface area (Å²) in [7, 11) is -3.54. The van der Waals surface area contributed by atoms with Gasteiger partial charge in [0.2, 0.25) is 10.0 Å². The van der Waals surface area contributed by atoms with Crippen LogP contribution in [0.25, 0.3) is 0 Å². The highest BCUT2D eigenvalue weighted by atomic mass is 32.2. The minimum absolute atomic E-state index is 0.240. The fourth-order valence-electron chi connectivity index (χ4n) is 3.08. The number of rotatable bonds is 5. The van der Waals surface area contributed by atoms with Gasteiger partial charge in [0.25, 0.3) is 0 Å². The molecule has 0 aliphatic carbocycles. The van der Waals surface area contributed by atoms with E-state index in [4.69, 9.17) is 4.74 Å². The second-order valence-electron chi connectivity index (χ2n) is 6.74. The van der Waals surface area contributed by atoms with Crippen molar-refractivity contribution in [2.24, 2.45) is 0 Å². The van der Waals surface area contributed by atoms with Gasteiger partial charge in [0, 0.05) is 18.9 Å². The molecule has 1 aromatic carbocycles. The van der Waals surface area contributed by atoms with Crippen LogP contribution in [0.3, 0.4) is 0 Å². The third kappa shape index (κ3) is 4.04. The molecule has 0 spiro atoms. The van der Waals surface area contributed by atoms with Gasteiger partial charge in [-0.15, -0.1) is 0 Å². The predicted molar refractivity (Wildman–Crippen MR) is 99.7 cm³/mol. The lowest BCUT2D eigenvalue weighted by Gasteiger charge is -2.32. The van der Waals surface area contributed by atoms with Gasteiger partial charge in [-0.2, -0.15) is 4.31 Å². The van der Waals surface area contributed by atoms with E-state index in [-0.39, 0.29) is 6.10 Å². The van der Waals surface area contributed by atoms with E-state index < -0.39 is 10.0 Å². The molecule has 1 unspecified atom stereocenters. The molecule has 0 saturated carbocycles. The maximum Gasteiger partial charge on any atom is 0.316 e. The Morgan fingerprint density at radius 1 is 1.23 bits per heavy atom. The Hall–Kier alpha value is -1.99. The molecule has 3 rings (SSSR count). The first-order valence-electron chi connectivity index (χ1n) is 8.95. The first-order chi connectivity index (χ1) is 12.4. The summed E-state index contributed by atoms with van der Waals surface area (Å²) in [4.78, 5) is 8.80. The molecule has 0 bridgehead atoms. The van der Waals surface area contributed by atoms with E-state index in [0.29, 0.717) is 24.0 Å². The Bertz CT molecular complexity index is 866. The van der Waals surface area contributed by atoms with Crippen LogP contribution in [0.5, 0.6) is 6.01 Å². The smallest absolute Gasteiger partial charge is 0.316 e. The summed E-state index contributed by atoms with van der Waals surface area (Å²) >= 11 is 0. The van der Waals surface area contributed by atoms with Crippen LogP contribution in [-0.2, 0) is 16.4 Å². The highest BCUT2D eigenvalue weighted by Crippen LogP contribution is 2.25. The molecule has 0 amide bonds. The zero-order valence-corrected chi connectivity index (χ0v) is 16.3. The second kappa shape index (κ2) is 7.72. The van der Waals surface area contributed by atoms with Crippen molar-refractivity contribution >= 4 is 10.0 Å². The summed E-state index contributed by atoms with van der Waals surface area (Å²) in [5.41, 5.74) is 2.74. The topological polar surface area (TPSA) is 72.4 Å². The molecule has 1 aliphatic heterocycles. The van der Waals surface area contributed by atoms with Gasteiger partial charge in [-0.25, -0.2) is 18.4 Å². The van der Waals surface area contributed by atoms with Crippen LogP contribution in [0.15, 0.2) is 35.5 Å². The number of ether oxygens (including phenoxy) is 1. The zero-order valence-electron chi connectivity index (χ0n) is 15.5. The molecule has 1 aromatic heterocycles. The van der Waals surface area contributed by atoms with Crippen molar-refractivity contribution in [3.63, 3.8) is 0 Å². The van der Waals surface area contributed by atoms with E-state index in [0.717, 1.165) is 36.0 Å². The maximum absolute atomic E-state index is 13.1. The van der Waals surface area contributed by atoms with Crippen molar-refractivity contribution in [3.8, 4) is 6.01 Å². The third-order valence-corrected chi connectivity index (χ3v) is 6.67. The fraction of sp³-hybridized carbons (Fsp3) is 0.474. The summed E-state index contributed by atoms with van der Waals surface area (Å²) < 4.78 is 33.5. The van der Waals surface area contributed by atoms with Crippen molar-refractivity contribution in [1.82, 2.24) is 14.3 Å². The normalized spacial score (nSPS) is 18.7. The van der Waals surface area contributed by atoms with Gasteiger partial charge in [-0.3, -0.25) is 0 Å². The quantitative estimate of drug-likeness (QED) is 0.803. The molecule has 1 saturated heterocycles. The summed E-state index contributed by atoms with van der Waals surface area (Å²) in [5.74, 6) is 0. The molecule has 7 heteroatoms. The molecular weight excluding hydrogens is 350 g/mol. The summed E-state index contributed by atoms with van der Waals surface area (Å²) in [6.07, 6.45) is 5.66. The molecule has 1 fully saturated rings. The minimum atomic E-state index is -3.54. The Morgan fingerprint density at radius 2 is 1.96 bits per heavy atom. The molecule has 1 atom stereocenters. The van der Waals surface area contributed by atoms with Crippen molar-refractivity contribution in [2.45, 2.75) is 51.0 Å². The van der Waals surface area contributed by atoms with Gasteiger partial charge in [-0.1, -0.05) is 19.1 Å². The third-order valence-electron chi connectivity index (χ3n) is 4.66. The Balaban J connectivity index is 1.75. The molecule has 26 heavy (non-hydrogen) atoms. The fourth-order valence-corrected chi connectivity index (χ4v) is 4.90. The van der Waals surface area contributed by atoms with Crippen molar-refractivity contribution < 1.29 is 13.2 Å². The average Bonchev–Trinajstić information content (AvgIpc) is 2.64. The number of aryl methyl sites for hydroxylation is 3. The van der Waals surface area contributed by atoms with Crippen molar-refractivity contribution in [2.75, 3.05) is 13.1 Å². The van der Waals surface area contributed by atoms with Crippen LogP contribution in [-0.4, -0.2) is 41.9 Å². The molecule has 1 aliphatic rings. The van der Waals surface area contributed by atoms with Gasteiger partial charge < -0.3 is 4.74 Å². The number of nitrogens with zero attached hydrogens (tertiary/aromatic N) is 3. The Morgan fingerprint density at radius 3 is 2.65 bits per heavy atom. The van der Waals surface area contributed by atoms with E-state index in [2.05, 4.69) is 9.97 Å². The molecule has 140 valence electrons. The van der Waals surface area contributed by atoms with Gasteiger partial charge in [0.15, 0.2) is 0 Å². The highest BCUT2D eigenvalue weighted by Gasteiger charge is 2.32. The van der Waals surface area contributed by atoms with Gasteiger partial charge in [-0.05, 0) is 55.9 Å². The number of piperidine rings is 1. The minimum Gasteiger partial charge on any atom is -0.459 e. The maximum atomic E-state index is 13.1. The van der Waals surface area contributed by atoms with Gasteiger partial charge >= 0.3 is 6.01 Å². The summed E-state index contributed by atoms with van der Waals surface area (Å²) in [5, 5.41) is 0. The summed E-state index contributed by atoms with van der Waals surface area (Å²) in [6.45, 7) is 6.58. The summed E-state index contributed by atoms with van der Waals surface area (Å²) in [6, 6.07) is 5.82. The van der Waals surface area contributed by atoms with Crippen LogP contribution in [0.2, 0.25) is 0 Å². The SMILES string of the molecule is CCc1cnc(OC2CCCN(S(=O)(=O)c3cc(C)ccc3C)C2)nc1. The standard InChI is InChI=1S/C19H25N3O3S/c1-4-16-11-20-19(21-12-16)25-17-6-5-9-22(13-17)26(23,24)18-10-14(2)7-8-15(18)3/h7-8,10-12,17H,4-6,9,13H2,1-3H3. The van der Waals surface area contributed by atoms with Crippen LogP contribution in [0.4, 0.5) is 0 Å². The predicted octanol–water partition coefficient (Wildman–Crippen LogP) is 2.89. The second-order valence-corrected chi connectivity index (χ2v) is 8.65. The molecule has 6 nitrogen and oxygen atoms in total. The lowest BCUT2D eigenvalue weighted by Crippen LogP contribution is -2.44. The van der Waals surface area contributed by atoms with Crippen LogP contribution in [0, 0.1) is 13.8 Å². The Labute approximate surface area is 155 Å². The first-order valence-corrected chi connectivity index (χ1v) is 10.4. The highest BCUT2D eigenvalue weighted by molar-refractivity contribution is 7.89. The largest absolute Gasteiger partial charge is 0.459 e. The number of aromatic nitrogens is 2. The molecule has 0 N–H and O–H groups in total. The van der Waals surface area contributed by atoms with Crippen LogP contribution >= 0.6 is 0 Å². The van der Waals surface area contributed by atoms with E-state index in [9.17, 15) is 8.42 Å². The van der Waals surface area contributed by atoms with Crippen LogP contribution in [0.1, 0.15) is 36.5 Å². The number of benzene rings is 1. The van der Waals surface area contributed by atoms with E-state index in [1.165, 1.54) is 4.31 Å². The van der Waals surface area contributed by atoms with Crippen molar-refractivity contribution in [3.05, 3.63) is 47.3 Å². The zero-order chi connectivity index (χ0) is 18.7. The van der Waals surface area contributed by atoms with Gasteiger partial charge in [0.1, 0.15) is 6.10 Å². The molecule has 2 heterocycles. The molecule has 2 aromatic rings. The van der Waals surface area contributed by atoms with Crippen LogP contribution < -0.4 is 4.74 Å². The number of hydrogen-bond acceptors (Lipinski definition) is 5. The lowest BCUT2D eigenvalue weighted by atomic mass is 10.1. The van der Waals surface area contributed by atoms with Crippen molar-refractivity contribution in [1.29, 1.82) is 0 Å². The van der Waals surface area contributed by atoms with E-state index in [1.54, 1.807) is 18.5 Å². The average molecular weight is 375 g/mol.